The van der Waals surface area contributed by atoms with Gasteiger partial charge in [-0.3, -0.25) is 4.79 Å². The molecule has 3 rings (SSSR count). The van der Waals surface area contributed by atoms with Gasteiger partial charge in [-0.05, 0) is 67.6 Å². The lowest BCUT2D eigenvalue weighted by molar-refractivity contribution is -0.140. The number of fused-ring (bicyclic) bond motifs is 1. The highest BCUT2D eigenvalue weighted by molar-refractivity contribution is 6.91. The Kier molecular flexibility index (Phi) is 8.18. The summed E-state index contributed by atoms with van der Waals surface area (Å²) in [5, 5.41) is 1.78. The molecule has 1 aromatic carbocycles. The highest BCUT2D eigenvalue weighted by atomic mass is 28.4. The quantitative estimate of drug-likeness (QED) is 0.213. The van der Waals surface area contributed by atoms with Gasteiger partial charge in [0.25, 0.3) is 0 Å². The number of rotatable bonds is 9. The summed E-state index contributed by atoms with van der Waals surface area (Å²) < 4.78 is 11.7. The van der Waals surface area contributed by atoms with Crippen molar-refractivity contribution in [3.8, 4) is 0 Å². The molecule has 0 spiro atoms. The van der Waals surface area contributed by atoms with Crippen molar-refractivity contribution in [3.05, 3.63) is 42.0 Å². The van der Waals surface area contributed by atoms with Gasteiger partial charge in [0.1, 0.15) is 0 Å². The van der Waals surface area contributed by atoms with Gasteiger partial charge in [0.2, 0.25) is 0 Å². The normalized spacial score (nSPS) is 24.4. The Bertz CT molecular complexity index is 838. The van der Waals surface area contributed by atoms with Crippen LogP contribution in [0.5, 0.6) is 0 Å². The van der Waals surface area contributed by atoms with Crippen molar-refractivity contribution >= 4 is 27.5 Å². The molecule has 0 aliphatic heterocycles. The lowest BCUT2D eigenvalue weighted by Crippen LogP contribution is -2.46. The lowest BCUT2D eigenvalue weighted by atomic mass is 9.98. The second-order valence-corrected chi connectivity index (χ2v) is 21.9. The molecule has 0 N–H and O–H groups in total. The highest BCUT2D eigenvalue weighted by Crippen LogP contribution is 2.51. The summed E-state index contributed by atoms with van der Waals surface area (Å²) in [6.45, 7) is 16.8. The summed E-state index contributed by atoms with van der Waals surface area (Å²) in [6.07, 6.45) is 9.18. The standard InChI is InChI=1S/C28H46O3Si2/c1-28(2,3)33(7,8)31-24-19-21-17-23(18-22(21)20-24)26(15-12-16-27(29)30-4)32(5,6)25-13-10-9-11-14-25/h9-11,13-14,17,21-22,24,26H,12,15-16,18-20H2,1-8H3/t21?,22?,24-,26-/m0/s1. The van der Waals surface area contributed by atoms with Crippen LogP contribution >= 0.6 is 0 Å². The Labute approximate surface area is 204 Å². The Morgan fingerprint density at radius 2 is 1.76 bits per heavy atom. The van der Waals surface area contributed by atoms with E-state index in [1.165, 1.54) is 31.6 Å². The maximum atomic E-state index is 11.8. The van der Waals surface area contributed by atoms with Crippen LogP contribution in [0.15, 0.2) is 42.0 Å². The van der Waals surface area contributed by atoms with Gasteiger partial charge in [0.05, 0.1) is 15.2 Å². The molecule has 0 saturated heterocycles. The Morgan fingerprint density at radius 1 is 1.09 bits per heavy atom. The number of benzene rings is 1. The van der Waals surface area contributed by atoms with Crippen LogP contribution in [0, 0.1) is 11.8 Å². The van der Waals surface area contributed by atoms with E-state index in [2.05, 4.69) is 83.4 Å². The lowest BCUT2D eigenvalue weighted by Gasteiger charge is -2.39. The van der Waals surface area contributed by atoms with E-state index >= 15 is 0 Å². The number of hydrogen-bond acceptors (Lipinski definition) is 3. The predicted molar refractivity (Wildman–Crippen MR) is 144 cm³/mol. The molecule has 1 fully saturated rings. The molecule has 0 aromatic heterocycles. The minimum absolute atomic E-state index is 0.0872. The van der Waals surface area contributed by atoms with Gasteiger partial charge in [-0.25, -0.2) is 0 Å². The van der Waals surface area contributed by atoms with Crippen molar-refractivity contribution in [2.45, 2.75) is 102 Å². The fraction of sp³-hybridized carbons (Fsp3) is 0.679. The van der Waals surface area contributed by atoms with Crippen LogP contribution in [0.4, 0.5) is 0 Å². The second kappa shape index (κ2) is 10.2. The molecule has 0 heterocycles. The number of hydrogen-bond donors (Lipinski definition) is 0. The molecule has 1 saturated carbocycles. The molecule has 0 radical (unpaired) electrons. The van der Waals surface area contributed by atoms with Crippen LogP contribution in [0.1, 0.15) is 59.3 Å². The fourth-order valence-corrected chi connectivity index (χ4v) is 10.7. The van der Waals surface area contributed by atoms with Crippen molar-refractivity contribution < 1.29 is 14.0 Å². The van der Waals surface area contributed by atoms with Gasteiger partial charge in [-0.15, -0.1) is 0 Å². The summed E-state index contributed by atoms with van der Waals surface area (Å²) in [6, 6.07) is 11.1. The van der Waals surface area contributed by atoms with Crippen LogP contribution in [-0.2, 0) is 14.0 Å². The van der Waals surface area contributed by atoms with Crippen LogP contribution in [0.2, 0.25) is 36.8 Å². The minimum atomic E-state index is -1.73. The first-order valence-electron chi connectivity index (χ1n) is 12.9. The van der Waals surface area contributed by atoms with Gasteiger partial charge < -0.3 is 9.16 Å². The fourth-order valence-electron chi connectivity index (χ4n) is 5.77. The summed E-state index contributed by atoms with van der Waals surface area (Å²) in [7, 11) is -1.96. The van der Waals surface area contributed by atoms with Crippen molar-refractivity contribution in [1.82, 2.24) is 0 Å². The topological polar surface area (TPSA) is 35.5 Å². The molecule has 1 aromatic rings. The summed E-state index contributed by atoms with van der Waals surface area (Å²) >= 11 is 0. The maximum absolute atomic E-state index is 11.8. The van der Waals surface area contributed by atoms with Gasteiger partial charge >= 0.3 is 5.97 Å². The van der Waals surface area contributed by atoms with Crippen molar-refractivity contribution in [2.24, 2.45) is 11.8 Å². The average molecular weight is 487 g/mol. The molecule has 0 bridgehead atoms. The molecule has 2 aliphatic rings. The third-order valence-electron chi connectivity index (χ3n) is 8.84. The third kappa shape index (κ3) is 6.09. The number of esters is 1. The molecule has 184 valence electrons. The largest absolute Gasteiger partial charge is 0.469 e. The number of allylic oxidation sites excluding steroid dienone is 2. The molecule has 33 heavy (non-hydrogen) atoms. The van der Waals surface area contributed by atoms with E-state index in [0.29, 0.717) is 24.0 Å². The summed E-state index contributed by atoms with van der Waals surface area (Å²) in [5.41, 5.74) is 2.25. The van der Waals surface area contributed by atoms with Crippen LogP contribution in [0.3, 0.4) is 0 Å². The minimum Gasteiger partial charge on any atom is -0.469 e. The van der Waals surface area contributed by atoms with E-state index < -0.39 is 16.4 Å². The van der Waals surface area contributed by atoms with Gasteiger partial charge in [0, 0.05) is 12.5 Å². The number of ether oxygens (including phenoxy) is 1. The van der Waals surface area contributed by atoms with E-state index in [0.717, 1.165) is 18.8 Å². The first-order chi connectivity index (χ1) is 15.3. The molecule has 5 heteroatoms. The molecular formula is C28H46O3Si2. The van der Waals surface area contributed by atoms with Gasteiger partial charge in [-0.2, -0.15) is 0 Å². The highest BCUT2D eigenvalue weighted by Gasteiger charge is 2.46. The van der Waals surface area contributed by atoms with Crippen molar-refractivity contribution in [1.29, 1.82) is 0 Å². The molecular weight excluding hydrogens is 440 g/mol. The monoisotopic (exact) mass is 486 g/mol. The van der Waals surface area contributed by atoms with Crippen LogP contribution in [0.25, 0.3) is 0 Å². The van der Waals surface area contributed by atoms with Crippen molar-refractivity contribution in [2.75, 3.05) is 7.11 Å². The van der Waals surface area contributed by atoms with E-state index in [9.17, 15) is 4.79 Å². The Hall–Kier alpha value is -1.18. The molecule has 2 unspecified atom stereocenters. The third-order valence-corrected chi connectivity index (χ3v) is 17.6. The zero-order valence-electron chi connectivity index (χ0n) is 22.2. The van der Waals surface area contributed by atoms with Crippen LogP contribution in [-0.4, -0.2) is 35.6 Å². The number of methoxy groups -OCH3 is 1. The zero-order valence-corrected chi connectivity index (χ0v) is 24.2. The second-order valence-electron chi connectivity index (χ2n) is 12.4. The number of carbonyl (C=O) groups is 1. The first-order valence-corrected chi connectivity index (χ1v) is 18.8. The molecule has 4 atom stereocenters. The van der Waals surface area contributed by atoms with E-state index in [1.807, 2.05) is 0 Å². The molecule has 0 amide bonds. The van der Waals surface area contributed by atoms with E-state index in [4.69, 9.17) is 9.16 Å². The number of carbonyl (C=O) groups excluding carboxylic acids is 1. The SMILES string of the molecule is COC(=O)CCC[C@@H](C1=CC2C[C@H](O[Si](C)(C)C(C)(C)C)CC2C1)[Si](C)(C)c1ccccc1. The zero-order chi connectivity index (χ0) is 24.4. The molecule has 3 nitrogen and oxygen atoms in total. The smallest absolute Gasteiger partial charge is 0.305 e. The van der Waals surface area contributed by atoms with E-state index in [1.54, 1.807) is 5.57 Å². The van der Waals surface area contributed by atoms with Gasteiger partial charge in [-0.1, -0.05) is 81.0 Å². The average Bonchev–Trinajstić information content (AvgIpc) is 3.28. The van der Waals surface area contributed by atoms with E-state index in [-0.39, 0.29) is 11.0 Å². The maximum Gasteiger partial charge on any atom is 0.305 e. The summed E-state index contributed by atoms with van der Waals surface area (Å²) in [5.74, 6) is 1.31. The summed E-state index contributed by atoms with van der Waals surface area (Å²) in [4.78, 5) is 11.8. The first kappa shape index (κ1) is 26.4. The van der Waals surface area contributed by atoms with Gasteiger partial charge in [0.15, 0.2) is 8.32 Å². The van der Waals surface area contributed by atoms with Crippen LogP contribution < -0.4 is 5.19 Å². The Balaban J connectivity index is 1.75. The molecule has 2 aliphatic carbocycles. The Morgan fingerprint density at radius 3 is 2.33 bits per heavy atom. The van der Waals surface area contributed by atoms with Crippen molar-refractivity contribution in [3.63, 3.8) is 0 Å². The predicted octanol–water partition coefficient (Wildman–Crippen LogP) is 7.06.